The Balaban J connectivity index is 2.04. The van der Waals surface area contributed by atoms with Crippen molar-refractivity contribution in [3.63, 3.8) is 0 Å². The lowest BCUT2D eigenvalue weighted by atomic mass is 10.1. The van der Waals surface area contributed by atoms with E-state index in [0.717, 1.165) is 59.5 Å². The summed E-state index contributed by atoms with van der Waals surface area (Å²) in [4.78, 5) is 17.7. The Morgan fingerprint density at radius 3 is 2.69 bits per heavy atom. The van der Waals surface area contributed by atoms with E-state index in [1.807, 2.05) is 48.9 Å². The summed E-state index contributed by atoms with van der Waals surface area (Å²) in [7, 11) is 0. The molecule has 0 radical (unpaired) electrons. The molecule has 0 aliphatic rings. The number of hydrogen-bond acceptors (Lipinski definition) is 3. The summed E-state index contributed by atoms with van der Waals surface area (Å²) in [6.07, 6.45) is 3.00. The van der Waals surface area contributed by atoms with Gasteiger partial charge in [-0.1, -0.05) is 38.5 Å². The average Bonchev–Trinajstić information content (AvgIpc) is 2.95. The van der Waals surface area contributed by atoms with E-state index in [-0.39, 0.29) is 5.91 Å². The van der Waals surface area contributed by atoms with Crippen LogP contribution in [0.5, 0.6) is 0 Å². The van der Waals surface area contributed by atoms with Crippen molar-refractivity contribution in [2.45, 2.75) is 53.5 Å². The summed E-state index contributed by atoms with van der Waals surface area (Å²) >= 11 is 0. The fraction of sp³-hybridized carbons (Fsp3) is 0.381. The van der Waals surface area contributed by atoms with Crippen LogP contribution in [0.4, 0.5) is 5.69 Å². The summed E-state index contributed by atoms with van der Waals surface area (Å²) in [6.45, 7) is 8.92. The number of carbonyl (C=O) groups excluding carboxylic acids is 1. The van der Waals surface area contributed by atoms with Gasteiger partial charge in [-0.2, -0.15) is 5.10 Å². The van der Waals surface area contributed by atoms with Gasteiger partial charge in [0.05, 0.1) is 16.6 Å². The number of anilines is 1. The third kappa shape index (κ3) is 3.47. The normalized spacial score (nSPS) is 11.1. The largest absolute Gasteiger partial charge is 0.322 e. The van der Waals surface area contributed by atoms with Gasteiger partial charge in [-0.25, -0.2) is 9.67 Å². The maximum atomic E-state index is 13.0. The van der Waals surface area contributed by atoms with Crippen LogP contribution < -0.4 is 5.32 Å². The molecular formula is C21H26N4O. The number of aromatic nitrogens is 3. The first-order valence-corrected chi connectivity index (χ1v) is 9.29. The molecule has 2 heterocycles. The van der Waals surface area contributed by atoms with E-state index in [1.54, 1.807) is 0 Å². The summed E-state index contributed by atoms with van der Waals surface area (Å²) in [6, 6.07) is 9.77. The minimum absolute atomic E-state index is 0.112. The van der Waals surface area contributed by atoms with Gasteiger partial charge in [-0.15, -0.1) is 0 Å². The predicted molar refractivity (Wildman–Crippen MR) is 106 cm³/mol. The molecule has 1 N–H and O–H groups in total. The Labute approximate surface area is 154 Å². The third-order valence-corrected chi connectivity index (χ3v) is 4.62. The van der Waals surface area contributed by atoms with Gasteiger partial charge in [0.1, 0.15) is 0 Å². The lowest BCUT2D eigenvalue weighted by Crippen LogP contribution is -2.14. The number of carbonyl (C=O) groups is 1. The molecule has 0 aliphatic carbocycles. The van der Waals surface area contributed by atoms with Crippen molar-refractivity contribution in [2.24, 2.45) is 0 Å². The van der Waals surface area contributed by atoms with Crippen LogP contribution in [0.3, 0.4) is 0 Å². The number of para-hydroxylation sites is 1. The molecule has 3 aromatic rings. The number of rotatable bonds is 6. The van der Waals surface area contributed by atoms with Crippen LogP contribution in [0, 0.1) is 13.8 Å². The molecule has 0 saturated heterocycles. The molecule has 5 heteroatoms. The average molecular weight is 350 g/mol. The molecule has 5 nitrogen and oxygen atoms in total. The highest BCUT2D eigenvalue weighted by molar-refractivity contribution is 6.12. The van der Waals surface area contributed by atoms with Crippen molar-refractivity contribution in [1.82, 2.24) is 14.8 Å². The van der Waals surface area contributed by atoms with Gasteiger partial charge in [0, 0.05) is 17.9 Å². The maximum Gasteiger partial charge on any atom is 0.256 e. The van der Waals surface area contributed by atoms with Crippen molar-refractivity contribution in [1.29, 1.82) is 0 Å². The molecule has 0 atom stereocenters. The molecule has 0 spiro atoms. The number of benzene rings is 1. The molecule has 0 unspecified atom stereocenters. The van der Waals surface area contributed by atoms with Gasteiger partial charge in [0.15, 0.2) is 5.65 Å². The summed E-state index contributed by atoms with van der Waals surface area (Å²) in [5.74, 6) is -0.112. The Bertz CT molecular complexity index is 943. The van der Waals surface area contributed by atoms with E-state index >= 15 is 0 Å². The number of nitrogens with zero attached hydrogens (tertiary/aromatic N) is 3. The predicted octanol–water partition coefficient (Wildman–Crippen LogP) is 4.66. The van der Waals surface area contributed by atoms with E-state index in [4.69, 9.17) is 0 Å². The second kappa shape index (κ2) is 7.68. The molecule has 0 bridgehead atoms. The van der Waals surface area contributed by atoms with Crippen LogP contribution in [-0.2, 0) is 13.0 Å². The van der Waals surface area contributed by atoms with E-state index in [0.29, 0.717) is 5.56 Å². The van der Waals surface area contributed by atoms with E-state index < -0.39 is 0 Å². The van der Waals surface area contributed by atoms with Crippen molar-refractivity contribution >= 4 is 22.6 Å². The zero-order valence-corrected chi connectivity index (χ0v) is 16.0. The first kappa shape index (κ1) is 18.1. The van der Waals surface area contributed by atoms with Gasteiger partial charge in [0.25, 0.3) is 5.91 Å². The molecule has 0 aliphatic heterocycles. The number of hydrogen-bond donors (Lipinski definition) is 1. The van der Waals surface area contributed by atoms with Gasteiger partial charge < -0.3 is 5.32 Å². The Kier molecular flexibility index (Phi) is 5.35. The molecule has 1 amide bonds. The second-order valence-electron chi connectivity index (χ2n) is 6.64. The fourth-order valence-electron chi connectivity index (χ4n) is 3.26. The highest BCUT2D eigenvalue weighted by Gasteiger charge is 2.19. The minimum Gasteiger partial charge on any atom is -0.322 e. The first-order chi connectivity index (χ1) is 12.5. The molecule has 136 valence electrons. The van der Waals surface area contributed by atoms with Crippen LogP contribution in [0.1, 0.15) is 54.0 Å². The molecule has 0 fully saturated rings. The number of amides is 1. The highest BCUT2D eigenvalue weighted by Crippen LogP contribution is 2.24. The molecule has 2 aromatic heterocycles. The quantitative estimate of drug-likeness (QED) is 0.703. The number of unbranched alkanes of at least 4 members (excludes halogenated alkanes) is 1. The van der Waals surface area contributed by atoms with Crippen molar-refractivity contribution in [3.05, 3.63) is 52.8 Å². The summed E-state index contributed by atoms with van der Waals surface area (Å²) in [5, 5.41) is 8.54. The standard InChI is InChI=1S/C21H26N4O/c1-5-7-12-25-20-19(15(4)24-25)17(13-14(3)22-20)21(26)23-18-11-9-8-10-16(18)6-2/h8-11,13H,5-7,12H2,1-4H3,(H,23,26). The zero-order valence-electron chi connectivity index (χ0n) is 16.0. The Morgan fingerprint density at radius 2 is 1.96 bits per heavy atom. The highest BCUT2D eigenvalue weighted by atomic mass is 16.1. The molecule has 3 rings (SSSR count). The van der Waals surface area contributed by atoms with Gasteiger partial charge in [-0.05, 0) is 44.4 Å². The molecule has 1 aromatic carbocycles. The monoisotopic (exact) mass is 350 g/mol. The van der Waals surface area contributed by atoms with E-state index in [2.05, 4.69) is 29.2 Å². The Morgan fingerprint density at radius 1 is 1.19 bits per heavy atom. The number of nitrogens with one attached hydrogen (secondary N) is 1. The number of fused-ring (bicyclic) bond motifs is 1. The summed E-state index contributed by atoms with van der Waals surface area (Å²) < 4.78 is 1.93. The molecule has 0 saturated carbocycles. The summed E-state index contributed by atoms with van der Waals surface area (Å²) in [5.41, 5.74) is 5.09. The van der Waals surface area contributed by atoms with Crippen molar-refractivity contribution in [2.75, 3.05) is 5.32 Å². The van der Waals surface area contributed by atoms with E-state index in [9.17, 15) is 4.79 Å². The second-order valence-corrected chi connectivity index (χ2v) is 6.64. The van der Waals surface area contributed by atoms with Gasteiger partial charge in [-0.3, -0.25) is 4.79 Å². The minimum atomic E-state index is -0.112. The van der Waals surface area contributed by atoms with Crippen LogP contribution in [-0.4, -0.2) is 20.7 Å². The zero-order chi connectivity index (χ0) is 18.7. The van der Waals surface area contributed by atoms with Crippen molar-refractivity contribution < 1.29 is 4.79 Å². The van der Waals surface area contributed by atoms with E-state index in [1.165, 1.54) is 0 Å². The smallest absolute Gasteiger partial charge is 0.256 e. The number of aryl methyl sites for hydroxylation is 4. The van der Waals surface area contributed by atoms with Gasteiger partial charge in [0.2, 0.25) is 0 Å². The van der Waals surface area contributed by atoms with Crippen LogP contribution >= 0.6 is 0 Å². The fourth-order valence-corrected chi connectivity index (χ4v) is 3.26. The lowest BCUT2D eigenvalue weighted by molar-refractivity contribution is 0.102. The van der Waals surface area contributed by atoms with Crippen LogP contribution in [0.2, 0.25) is 0 Å². The molecular weight excluding hydrogens is 324 g/mol. The lowest BCUT2D eigenvalue weighted by Gasteiger charge is -2.11. The van der Waals surface area contributed by atoms with Crippen LogP contribution in [0.15, 0.2) is 30.3 Å². The number of pyridine rings is 1. The van der Waals surface area contributed by atoms with Crippen LogP contribution in [0.25, 0.3) is 11.0 Å². The SMILES string of the molecule is CCCCn1nc(C)c2c(C(=O)Nc3ccccc3CC)cc(C)nc21. The maximum absolute atomic E-state index is 13.0. The first-order valence-electron chi connectivity index (χ1n) is 9.29. The van der Waals surface area contributed by atoms with Crippen molar-refractivity contribution in [3.8, 4) is 0 Å². The topological polar surface area (TPSA) is 59.8 Å². The Hall–Kier alpha value is -2.69. The van der Waals surface area contributed by atoms with Gasteiger partial charge >= 0.3 is 0 Å². The third-order valence-electron chi connectivity index (χ3n) is 4.62. The molecule has 26 heavy (non-hydrogen) atoms.